The standard InChI is InChI=1S/C18H22N4O6/c1-8-4-10-11(5-9(8)2)22(6-12(24)15(26)13(25)7-23)16-14(21(10)3)17(27)20-18(28)19-16/h4-5,12-13,15,23-26H,6-7H2,1-3H3/p+1. The van der Waals surface area contributed by atoms with Crippen LogP contribution in [-0.2, 0) is 13.6 Å². The van der Waals surface area contributed by atoms with Gasteiger partial charge in [0.05, 0.1) is 13.2 Å². The van der Waals surface area contributed by atoms with E-state index in [-0.39, 0.29) is 18.1 Å². The van der Waals surface area contributed by atoms with E-state index in [1.807, 2.05) is 26.0 Å². The smallest absolute Gasteiger partial charge is 0.350 e. The minimum Gasteiger partial charge on any atom is -0.394 e. The maximum Gasteiger partial charge on any atom is 0.350 e. The summed E-state index contributed by atoms with van der Waals surface area (Å²) >= 11 is 0. The van der Waals surface area contributed by atoms with Gasteiger partial charge in [-0.15, -0.1) is 0 Å². The van der Waals surface area contributed by atoms with Crippen LogP contribution < -0.4 is 15.8 Å². The van der Waals surface area contributed by atoms with Gasteiger partial charge in [-0.1, -0.05) is 0 Å². The lowest BCUT2D eigenvalue weighted by Crippen LogP contribution is -2.46. The van der Waals surface area contributed by atoms with E-state index in [2.05, 4.69) is 9.97 Å². The quantitative estimate of drug-likeness (QED) is 0.242. The molecular formula is C18H23N4O6+. The highest BCUT2D eigenvalue weighted by molar-refractivity contribution is 5.77. The molecule has 150 valence electrons. The van der Waals surface area contributed by atoms with Crippen LogP contribution in [-0.4, -0.2) is 59.9 Å². The average Bonchev–Trinajstić information content (AvgIpc) is 2.64. The van der Waals surface area contributed by atoms with Crippen molar-refractivity contribution in [3.8, 4) is 11.5 Å². The first-order valence-corrected chi connectivity index (χ1v) is 8.74. The average molecular weight is 391 g/mol. The Morgan fingerprint density at radius 2 is 1.79 bits per heavy atom. The van der Waals surface area contributed by atoms with E-state index in [9.17, 15) is 24.9 Å². The number of benzene rings is 1. The topological polar surface area (TPSA) is 153 Å². The van der Waals surface area contributed by atoms with Crippen molar-refractivity contribution >= 4 is 11.0 Å². The van der Waals surface area contributed by atoms with Gasteiger partial charge in [-0.25, -0.2) is 4.79 Å². The van der Waals surface area contributed by atoms with Gasteiger partial charge in [-0.2, -0.15) is 9.55 Å². The summed E-state index contributed by atoms with van der Waals surface area (Å²) in [5.74, 6) is 0.0386. The normalized spacial score (nSPS) is 15.1. The Labute approximate surface area is 159 Å². The van der Waals surface area contributed by atoms with Gasteiger partial charge >= 0.3 is 16.9 Å². The molecular weight excluding hydrogens is 368 g/mol. The molecule has 0 fully saturated rings. The number of rotatable bonds is 5. The summed E-state index contributed by atoms with van der Waals surface area (Å²) in [6.07, 6.45) is -4.65. The molecule has 0 saturated carbocycles. The lowest BCUT2D eigenvalue weighted by molar-refractivity contribution is -0.635. The van der Waals surface area contributed by atoms with E-state index in [0.717, 1.165) is 11.1 Å². The van der Waals surface area contributed by atoms with E-state index in [1.54, 1.807) is 11.6 Å². The number of nitrogens with one attached hydrogen (secondary N) is 1. The summed E-state index contributed by atoms with van der Waals surface area (Å²) in [5.41, 5.74) is 1.83. The molecule has 0 amide bonds. The van der Waals surface area contributed by atoms with Crippen molar-refractivity contribution in [2.75, 3.05) is 6.61 Å². The molecule has 1 aromatic rings. The zero-order chi connectivity index (χ0) is 20.7. The van der Waals surface area contributed by atoms with Crippen LogP contribution in [0.2, 0.25) is 0 Å². The predicted molar refractivity (Wildman–Crippen MR) is 99.0 cm³/mol. The first-order chi connectivity index (χ1) is 13.1. The first-order valence-electron chi connectivity index (χ1n) is 8.74. The lowest BCUT2D eigenvalue weighted by atomic mass is 10.1. The number of aryl methyl sites for hydroxylation is 3. The molecule has 2 heterocycles. The largest absolute Gasteiger partial charge is 0.394 e. The van der Waals surface area contributed by atoms with Gasteiger partial charge in [0.2, 0.25) is 11.3 Å². The van der Waals surface area contributed by atoms with Crippen LogP contribution in [0.1, 0.15) is 11.1 Å². The molecule has 3 atom stereocenters. The third-order valence-electron chi connectivity index (χ3n) is 5.03. The fraction of sp³-hybridized carbons (Fsp3) is 0.444. The van der Waals surface area contributed by atoms with E-state index in [0.29, 0.717) is 11.0 Å². The molecule has 0 bridgehead atoms. The van der Waals surface area contributed by atoms with Crippen LogP contribution in [0.5, 0.6) is 0 Å². The van der Waals surface area contributed by atoms with Crippen molar-refractivity contribution in [1.82, 2.24) is 14.5 Å². The number of aliphatic hydroxyl groups excluding tert-OH is 4. The summed E-state index contributed by atoms with van der Waals surface area (Å²) in [6, 6.07) is 3.70. The number of aromatic nitrogens is 4. The van der Waals surface area contributed by atoms with Gasteiger partial charge < -0.3 is 25.0 Å². The molecule has 0 radical (unpaired) electrons. The highest BCUT2D eigenvalue weighted by Crippen LogP contribution is 2.23. The van der Waals surface area contributed by atoms with Gasteiger partial charge in [0.25, 0.3) is 0 Å². The van der Waals surface area contributed by atoms with Gasteiger partial charge in [0.1, 0.15) is 30.9 Å². The summed E-state index contributed by atoms with van der Waals surface area (Å²) in [6.45, 7) is 2.83. The molecule has 1 aromatic carbocycles. The van der Waals surface area contributed by atoms with Gasteiger partial charge in [-0.3, -0.25) is 9.78 Å². The van der Waals surface area contributed by atoms with Crippen molar-refractivity contribution in [2.45, 2.75) is 38.7 Å². The monoisotopic (exact) mass is 391 g/mol. The zero-order valence-corrected chi connectivity index (χ0v) is 15.7. The second kappa shape index (κ2) is 7.40. The Hall–Kier alpha value is -2.66. The Morgan fingerprint density at radius 1 is 1.14 bits per heavy atom. The predicted octanol–water partition coefficient (Wildman–Crippen LogP) is -2.29. The third-order valence-corrected chi connectivity index (χ3v) is 5.03. The lowest BCUT2D eigenvalue weighted by Gasteiger charge is -2.24. The molecule has 3 unspecified atom stereocenters. The van der Waals surface area contributed by atoms with Crippen molar-refractivity contribution in [1.29, 1.82) is 0 Å². The molecule has 0 aromatic heterocycles. The number of aliphatic hydroxyl groups is 4. The molecule has 28 heavy (non-hydrogen) atoms. The third kappa shape index (κ3) is 3.31. The highest BCUT2D eigenvalue weighted by atomic mass is 16.4. The van der Waals surface area contributed by atoms with E-state index < -0.39 is 36.2 Å². The van der Waals surface area contributed by atoms with Gasteiger partial charge in [0, 0.05) is 6.07 Å². The molecule has 3 rings (SSSR count). The maximum atomic E-state index is 12.4. The minimum absolute atomic E-state index is 0.0386. The van der Waals surface area contributed by atoms with E-state index in [1.165, 1.54) is 4.57 Å². The SMILES string of the molecule is Cc1cc2c(cc1C)[n+](C)c1c(=O)[nH]c(=O)nc-1n2CC(O)C(O)C(O)CO. The molecule has 2 aliphatic rings. The number of H-pyrrole nitrogens is 1. The molecule has 5 N–H and O–H groups in total. The summed E-state index contributed by atoms with van der Waals surface area (Å²) in [7, 11) is 1.67. The van der Waals surface area contributed by atoms with E-state index >= 15 is 0 Å². The van der Waals surface area contributed by atoms with Crippen molar-refractivity contribution in [3.05, 3.63) is 44.1 Å². The second-order valence-corrected chi connectivity index (χ2v) is 6.95. The van der Waals surface area contributed by atoms with Crippen LogP contribution in [0.3, 0.4) is 0 Å². The summed E-state index contributed by atoms with van der Waals surface area (Å²) in [5, 5.41) is 39.0. The summed E-state index contributed by atoms with van der Waals surface area (Å²) < 4.78 is 3.08. The van der Waals surface area contributed by atoms with Crippen molar-refractivity contribution < 1.29 is 25.0 Å². The van der Waals surface area contributed by atoms with Crippen molar-refractivity contribution in [2.24, 2.45) is 7.05 Å². The number of hydrogen-bond acceptors (Lipinski definition) is 7. The zero-order valence-electron chi connectivity index (χ0n) is 15.7. The fourth-order valence-electron chi connectivity index (χ4n) is 3.27. The van der Waals surface area contributed by atoms with Crippen LogP contribution >= 0.6 is 0 Å². The Balaban J connectivity index is 2.35. The molecule has 2 aliphatic heterocycles. The van der Waals surface area contributed by atoms with Crippen LogP contribution in [0.15, 0.2) is 21.7 Å². The Bertz CT molecular complexity index is 1120. The van der Waals surface area contributed by atoms with E-state index in [4.69, 9.17) is 5.11 Å². The molecule has 0 saturated heterocycles. The van der Waals surface area contributed by atoms with Crippen molar-refractivity contribution in [3.63, 3.8) is 0 Å². The molecule has 0 aliphatic carbocycles. The van der Waals surface area contributed by atoms with Gasteiger partial charge in [0.15, 0.2) is 0 Å². The number of nitrogens with zero attached hydrogens (tertiary/aromatic N) is 3. The van der Waals surface area contributed by atoms with Crippen LogP contribution in [0.4, 0.5) is 0 Å². The minimum atomic E-state index is -1.63. The Morgan fingerprint density at radius 3 is 2.43 bits per heavy atom. The number of aromatic amines is 1. The summed E-state index contributed by atoms with van der Waals surface area (Å²) in [4.78, 5) is 30.3. The maximum absolute atomic E-state index is 12.4. The first kappa shape index (κ1) is 20.1. The number of hydrogen-bond donors (Lipinski definition) is 5. The van der Waals surface area contributed by atoms with Crippen LogP contribution in [0, 0.1) is 13.8 Å². The molecule has 10 heteroatoms. The highest BCUT2D eigenvalue weighted by Gasteiger charge is 2.31. The Kier molecular flexibility index (Phi) is 5.31. The molecule has 10 nitrogen and oxygen atoms in total. The second-order valence-electron chi connectivity index (χ2n) is 6.95. The number of fused-ring (bicyclic) bond motifs is 2. The van der Waals surface area contributed by atoms with Crippen LogP contribution in [0.25, 0.3) is 22.6 Å². The van der Waals surface area contributed by atoms with Gasteiger partial charge in [-0.05, 0) is 31.0 Å². The fourth-order valence-corrected chi connectivity index (χ4v) is 3.27. The molecule has 0 spiro atoms.